The van der Waals surface area contributed by atoms with Crippen molar-refractivity contribution in [1.29, 1.82) is 0 Å². The first-order valence-electron chi connectivity index (χ1n) is 20.5. The molecule has 8 aromatic rings. The third-order valence-electron chi connectivity index (χ3n) is 12.5. The quantitative estimate of drug-likeness (QED) is 0.155. The van der Waals surface area contributed by atoms with Gasteiger partial charge in [-0.1, -0.05) is 90.1 Å². The van der Waals surface area contributed by atoms with E-state index in [1.165, 1.54) is 16.6 Å². The lowest BCUT2D eigenvalue weighted by molar-refractivity contribution is 0.475. The molecule has 0 fully saturated rings. The summed E-state index contributed by atoms with van der Waals surface area (Å²) in [6, 6.07) is 52.2. The van der Waals surface area contributed by atoms with Gasteiger partial charge in [-0.3, -0.25) is 0 Å². The lowest BCUT2D eigenvalue weighted by Gasteiger charge is -2.43. The number of rotatable bonds is 1. The summed E-state index contributed by atoms with van der Waals surface area (Å²) in [5.74, 6) is 3.13. The molecule has 5 heterocycles. The molecular weight excluding hydrogens is 725 g/mol. The lowest BCUT2D eigenvalue weighted by atomic mass is 9.35. The van der Waals surface area contributed by atoms with Gasteiger partial charge in [0.05, 0.1) is 28.4 Å². The van der Waals surface area contributed by atoms with E-state index in [1.807, 2.05) is 18.2 Å². The summed E-state index contributed by atoms with van der Waals surface area (Å²) in [6.45, 7) is 13.4. The second kappa shape index (κ2) is 11.9. The molecule has 0 amide bonds. The monoisotopic (exact) mass is 767 g/mol. The molecule has 0 radical (unpaired) electrons. The molecule has 4 aliphatic heterocycles. The van der Waals surface area contributed by atoms with Gasteiger partial charge in [-0.25, -0.2) is 0 Å². The van der Waals surface area contributed by atoms with Crippen LogP contribution in [0.15, 0.2) is 150 Å². The first-order valence-corrected chi connectivity index (χ1v) is 20.5. The van der Waals surface area contributed by atoms with Crippen LogP contribution in [0.2, 0.25) is 0 Å². The number of furan rings is 1. The largest absolute Gasteiger partial charge is 0.468 e. The molecule has 0 aliphatic carbocycles. The van der Waals surface area contributed by atoms with Crippen LogP contribution in [0.4, 0.5) is 51.2 Å². The highest BCUT2D eigenvalue weighted by atomic mass is 16.5. The Hall–Kier alpha value is -6.86. The van der Waals surface area contributed by atoms with E-state index in [2.05, 4.69) is 184 Å². The van der Waals surface area contributed by atoms with Crippen molar-refractivity contribution in [3.63, 3.8) is 0 Å². The van der Waals surface area contributed by atoms with Gasteiger partial charge in [0.15, 0.2) is 11.5 Å². The van der Waals surface area contributed by atoms with Gasteiger partial charge < -0.3 is 28.6 Å². The van der Waals surface area contributed by atoms with Crippen molar-refractivity contribution in [3.05, 3.63) is 157 Å². The van der Waals surface area contributed by atoms with Crippen LogP contribution < -0.4 is 40.8 Å². The average molecular weight is 768 g/mol. The standard InChI is InChI=1S/C52H42BN3O3/c1-51(2,3)31-17-20-33(21-18-31)56-42-15-10-14-41-48(42)53(50-49(56)38-24-19-32(52(4,5)6)27-47(38)59-50)39-25-23-37-30-43(39)55(41)35-22-26-46-44(29-35)54(34-11-9-12-36(28-34)57-37)40-13-7-8-16-45(40)58-46/h7-30H,1-6H3. The minimum atomic E-state index is -0.173. The van der Waals surface area contributed by atoms with E-state index in [-0.39, 0.29) is 17.5 Å². The Labute approximate surface area is 344 Å². The Balaban J connectivity index is 1.14. The number of benzene rings is 7. The molecular formula is C52H42BN3O3. The molecule has 0 saturated heterocycles. The highest BCUT2D eigenvalue weighted by molar-refractivity contribution is 7.00. The second-order valence-corrected chi connectivity index (χ2v) is 18.3. The molecule has 7 heteroatoms. The predicted molar refractivity (Wildman–Crippen MR) is 242 cm³/mol. The van der Waals surface area contributed by atoms with Crippen LogP contribution >= 0.6 is 0 Å². The normalized spacial score (nSPS) is 14.4. The highest BCUT2D eigenvalue weighted by Crippen LogP contribution is 2.54. The fourth-order valence-corrected chi connectivity index (χ4v) is 9.56. The Morgan fingerprint density at radius 2 is 1.12 bits per heavy atom. The summed E-state index contributed by atoms with van der Waals surface area (Å²) in [5.41, 5.74) is 16.1. The van der Waals surface area contributed by atoms with E-state index in [4.69, 9.17) is 13.9 Å². The van der Waals surface area contributed by atoms with Crippen LogP contribution in [-0.2, 0) is 10.8 Å². The second-order valence-electron chi connectivity index (χ2n) is 18.3. The van der Waals surface area contributed by atoms with Crippen LogP contribution in [0, 0.1) is 0 Å². The topological polar surface area (TPSA) is 41.3 Å². The SMILES string of the molecule is CC(C)(C)c1ccc(N2c3cccc4c3B(c3ccc5cc3N4c3ccc4c(c3)N(c3cccc(c3)O5)c3ccccc3O4)c3oc4cc(C(C)(C)C)ccc4c32)cc1. The Bertz CT molecular complexity index is 3060. The molecule has 12 rings (SSSR count). The zero-order valence-corrected chi connectivity index (χ0v) is 34.0. The molecule has 0 spiro atoms. The van der Waals surface area contributed by atoms with Gasteiger partial charge in [0, 0.05) is 46.0 Å². The van der Waals surface area contributed by atoms with E-state index in [9.17, 15) is 0 Å². The molecule has 0 N–H and O–H groups in total. The fourth-order valence-electron chi connectivity index (χ4n) is 9.56. The van der Waals surface area contributed by atoms with E-state index >= 15 is 0 Å². The number of anilines is 9. The number of hydrogen-bond donors (Lipinski definition) is 0. The minimum absolute atomic E-state index is 0.0289. The summed E-state index contributed by atoms with van der Waals surface area (Å²) >= 11 is 0. The van der Waals surface area contributed by atoms with Crippen LogP contribution in [0.25, 0.3) is 11.0 Å². The Morgan fingerprint density at radius 3 is 1.93 bits per heavy atom. The third-order valence-corrected chi connectivity index (χ3v) is 12.5. The van der Waals surface area contributed by atoms with Gasteiger partial charge in [0.1, 0.15) is 17.1 Å². The first kappa shape index (κ1) is 34.2. The minimum Gasteiger partial charge on any atom is -0.468 e. The number of ether oxygens (including phenoxy) is 2. The number of nitrogens with zero attached hydrogens (tertiary/aromatic N) is 3. The zero-order chi connectivity index (χ0) is 39.9. The molecule has 7 aromatic carbocycles. The summed E-state index contributed by atoms with van der Waals surface area (Å²) in [4.78, 5) is 7.12. The van der Waals surface area contributed by atoms with Crippen LogP contribution in [0.1, 0.15) is 52.7 Å². The molecule has 6 nitrogen and oxygen atoms in total. The van der Waals surface area contributed by atoms with Crippen molar-refractivity contribution >= 4 is 85.5 Å². The van der Waals surface area contributed by atoms with Crippen molar-refractivity contribution in [2.75, 3.05) is 14.7 Å². The maximum Gasteiger partial charge on any atom is 0.297 e. The van der Waals surface area contributed by atoms with Gasteiger partial charge in [0.2, 0.25) is 0 Å². The first-order chi connectivity index (χ1) is 28.5. The molecule has 0 unspecified atom stereocenters. The lowest BCUT2D eigenvalue weighted by Crippen LogP contribution is -2.60. The van der Waals surface area contributed by atoms with Crippen molar-refractivity contribution in [1.82, 2.24) is 0 Å². The predicted octanol–water partition coefficient (Wildman–Crippen LogP) is 12.8. The molecule has 6 bridgehead atoms. The van der Waals surface area contributed by atoms with Crippen molar-refractivity contribution < 1.29 is 13.9 Å². The van der Waals surface area contributed by atoms with Gasteiger partial charge in [0.25, 0.3) is 6.71 Å². The molecule has 0 saturated carbocycles. The summed E-state index contributed by atoms with van der Waals surface area (Å²) in [6.07, 6.45) is 0. The molecule has 286 valence electrons. The molecule has 4 aliphatic rings. The van der Waals surface area contributed by atoms with Gasteiger partial charge >= 0.3 is 0 Å². The van der Waals surface area contributed by atoms with E-state index in [1.54, 1.807) is 0 Å². The Morgan fingerprint density at radius 1 is 0.458 bits per heavy atom. The van der Waals surface area contributed by atoms with Crippen molar-refractivity contribution in [2.45, 2.75) is 52.4 Å². The summed E-state index contributed by atoms with van der Waals surface area (Å²) in [7, 11) is 0. The van der Waals surface area contributed by atoms with Crippen LogP contribution in [0.5, 0.6) is 23.0 Å². The fraction of sp³-hybridized carbons (Fsp3) is 0.154. The van der Waals surface area contributed by atoms with E-state index in [0.29, 0.717) is 0 Å². The number of para-hydroxylation sites is 2. The maximum atomic E-state index is 7.23. The van der Waals surface area contributed by atoms with Gasteiger partial charge in [-0.2, -0.15) is 0 Å². The summed E-state index contributed by atoms with van der Waals surface area (Å²) in [5, 5.41) is 1.10. The Kier molecular flexibility index (Phi) is 6.87. The highest BCUT2D eigenvalue weighted by Gasteiger charge is 2.47. The molecule has 59 heavy (non-hydrogen) atoms. The van der Waals surface area contributed by atoms with Crippen molar-refractivity contribution in [3.8, 4) is 23.0 Å². The molecule has 1 aromatic heterocycles. The van der Waals surface area contributed by atoms with Crippen LogP contribution in [-0.4, -0.2) is 6.71 Å². The van der Waals surface area contributed by atoms with Crippen LogP contribution in [0.3, 0.4) is 0 Å². The smallest absolute Gasteiger partial charge is 0.297 e. The van der Waals surface area contributed by atoms with E-state index < -0.39 is 0 Å². The zero-order valence-electron chi connectivity index (χ0n) is 34.0. The molecule has 0 atom stereocenters. The van der Waals surface area contributed by atoms with Crippen molar-refractivity contribution in [2.24, 2.45) is 0 Å². The number of fused-ring (bicyclic) bond motifs is 14. The van der Waals surface area contributed by atoms with Gasteiger partial charge in [-0.15, -0.1) is 0 Å². The average Bonchev–Trinajstić information content (AvgIpc) is 3.60. The summed E-state index contributed by atoms with van der Waals surface area (Å²) < 4.78 is 20.6. The maximum absolute atomic E-state index is 7.23. The van der Waals surface area contributed by atoms with Gasteiger partial charge in [-0.05, 0) is 118 Å². The van der Waals surface area contributed by atoms with E-state index in [0.717, 1.165) is 96.3 Å². The number of hydrogen-bond acceptors (Lipinski definition) is 6. The third kappa shape index (κ3) is 5.00.